The Labute approximate surface area is 165 Å². The van der Waals surface area contributed by atoms with Gasteiger partial charge < -0.3 is 14.8 Å². The molecule has 1 aliphatic heterocycles. The fourth-order valence-corrected chi connectivity index (χ4v) is 3.38. The number of morpholine rings is 1. The molecule has 0 aromatic heterocycles. The van der Waals surface area contributed by atoms with Crippen LogP contribution in [0.3, 0.4) is 0 Å². The zero-order valence-corrected chi connectivity index (χ0v) is 16.2. The van der Waals surface area contributed by atoms with E-state index in [4.69, 9.17) is 21.1 Å². The average molecular weight is 389 g/mol. The Morgan fingerprint density at radius 1 is 1.19 bits per heavy atom. The number of nitrogens with zero attached hydrogens (tertiary/aromatic N) is 1. The van der Waals surface area contributed by atoms with Crippen molar-refractivity contribution in [2.45, 2.75) is 13.0 Å². The molecule has 2 aromatic rings. The van der Waals surface area contributed by atoms with Gasteiger partial charge in [0.05, 0.1) is 31.4 Å². The van der Waals surface area contributed by atoms with Gasteiger partial charge >= 0.3 is 0 Å². The summed E-state index contributed by atoms with van der Waals surface area (Å²) >= 11 is 6.04. The molecule has 144 valence electrons. The maximum Gasteiger partial charge on any atom is 0.255 e. The van der Waals surface area contributed by atoms with Gasteiger partial charge in [-0.1, -0.05) is 35.9 Å². The molecule has 27 heavy (non-hydrogen) atoms. The highest BCUT2D eigenvalue weighted by atomic mass is 35.5. The van der Waals surface area contributed by atoms with Crippen molar-refractivity contribution in [3.05, 3.63) is 64.7 Å². The molecule has 1 N–H and O–H groups in total. The molecule has 1 fully saturated rings. The number of carbonyl (C=O) groups is 1. The highest BCUT2D eigenvalue weighted by Gasteiger charge is 2.24. The molecule has 0 radical (unpaired) electrons. The van der Waals surface area contributed by atoms with Crippen molar-refractivity contribution in [3.63, 3.8) is 0 Å². The third-order valence-corrected chi connectivity index (χ3v) is 4.88. The van der Waals surface area contributed by atoms with Gasteiger partial charge in [-0.15, -0.1) is 0 Å². The second-order valence-electron chi connectivity index (χ2n) is 6.35. The van der Waals surface area contributed by atoms with Crippen molar-refractivity contribution in [1.82, 2.24) is 10.2 Å². The van der Waals surface area contributed by atoms with Gasteiger partial charge in [-0.05, 0) is 36.8 Å². The van der Waals surface area contributed by atoms with E-state index in [2.05, 4.69) is 10.2 Å². The van der Waals surface area contributed by atoms with Crippen LogP contribution in [0.1, 0.15) is 28.9 Å². The predicted molar refractivity (Wildman–Crippen MR) is 107 cm³/mol. The maximum absolute atomic E-state index is 12.8. The average Bonchev–Trinajstić information content (AvgIpc) is 2.71. The summed E-state index contributed by atoms with van der Waals surface area (Å²) in [5.74, 6) is 0.471. The molecule has 0 bridgehead atoms. The second-order valence-corrected chi connectivity index (χ2v) is 6.79. The highest BCUT2D eigenvalue weighted by Crippen LogP contribution is 2.24. The van der Waals surface area contributed by atoms with E-state index in [0.717, 1.165) is 18.7 Å². The Morgan fingerprint density at radius 3 is 2.59 bits per heavy atom. The molecule has 0 aliphatic carbocycles. The number of ether oxygens (including phenoxy) is 2. The molecule has 1 atom stereocenters. The van der Waals surface area contributed by atoms with Crippen molar-refractivity contribution < 1.29 is 14.3 Å². The number of nitrogens with one attached hydrogen (secondary N) is 1. The molecule has 6 heteroatoms. The van der Waals surface area contributed by atoms with Crippen LogP contribution in [0.4, 0.5) is 0 Å². The van der Waals surface area contributed by atoms with E-state index < -0.39 is 0 Å². The van der Waals surface area contributed by atoms with Crippen molar-refractivity contribution >= 4 is 17.5 Å². The first-order valence-electron chi connectivity index (χ1n) is 9.26. The first-order valence-corrected chi connectivity index (χ1v) is 9.64. The van der Waals surface area contributed by atoms with E-state index in [9.17, 15) is 4.79 Å². The zero-order chi connectivity index (χ0) is 19.1. The predicted octanol–water partition coefficient (Wildman–Crippen LogP) is 3.54. The summed E-state index contributed by atoms with van der Waals surface area (Å²) in [7, 11) is 0. The highest BCUT2D eigenvalue weighted by molar-refractivity contribution is 6.30. The van der Waals surface area contributed by atoms with E-state index in [-0.39, 0.29) is 11.9 Å². The number of hydrogen-bond donors (Lipinski definition) is 1. The first-order chi connectivity index (χ1) is 13.2. The van der Waals surface area contributed by atoms with Gasteiger partial charge in [-0.3, -0.25) is 9.69 Å². The van der Waals surface area contributed by atoms with Crippen LogP contribution in [0.25, 0.3) is 0 Å². The number of halogens is 1. The van der Waals surface area contributed by atoms with Crippen LogP contribution in [0.2, 0.25) is 5.02 Å². The molecule has 1 amide bonds. The lowest BCUT2D eigenvalue weighted by Gasteiger charge is -2.35. The molecule has 1 aliphatic rings. The number of para-hydroxylation sites is 1. The number of carbonyl (C=O) groups excluding carboxylic acids is 1. The quantitative estimate of drug-likeness (QED) is 0.788. The van der Waals surface area contributed by atoms with Gasteiger partial charge in [0.1, 0.15) is 5.75 Å². The summed E-state index contributed by atoms with van der Waals surface area (Å²) in [5.41, 5.74) is 1.68. The van der Waals surface area contributed by atoms with Gasteiger partial charge in [0.15, 0.2) is 0 Å². The fourth-order valence-electron chi connectivity index (χ4n) is 3.25. The van der Waals surface area contributed by atoms with Crippen LogP contribution in [-0.2, 0) is 4.74 Å². The summed E-state index contributed by atoms with van der Waals surface area (Å²) in [4.78, 5) is 15.1. The summed E-state index contributed by atoms with van der Waals surface area (Å²) in [6, 6.07) is 15.2. The molecule has 1 unspecified atom stereocenters. The van der Waals surface area contributed by atoms with Gasteiger partial charge in [-0.25, -0.2) is 0 Å². The lowest BCUT2D eigenvalue weighted by atomic mass is 10.0. The summed E-state index contributed by atoms with van der Waals surface area (Å²) in [6.07, 6.45) is 0. The lowest BCUT2D eigenvalue weighted by molar-refractivity contribution is 0.0162. The summed E-state index contributed by atoms with van der Waals surface area (Å²) in [6.45, 7) is 5.99. The van der Waals surface area contributed by atoms with E-state index >= 15 is 0 Å². The van der Waals surface area contributed by atoms with Crippen LogP contribution < -0.4 is 10.1 Å². The number of benzene rings is 2. The first kappa shape index (κ1) is 19.7. The number of amides is 1. The standard InChI is InChI=1S/C21H25ClN2O3/c1-2-27-20-6-4-3-5-18(20)21(25)23-15-19(24-11-13-26-14-12-24)16-7-9-17(22)10-8-16/h3-10,19H,2,11-15H2,1H3,(H,23,25). The molecule has 3 rings (SSSR count). The second kappa shape index (κ2) is 9.74. The van der Waals surface area contributed by atoms with Gasteiger partial charge in [0.2, 0.25) is 0 Å². The van der Waals surface area contributed by atoms with Crippen molar-refractivity contribution in [2.75, 3.05) is 39.5 Å². The fraction of sp³-hybridized carbons (Fsp3) is 0.381. The maximum atomic E-state index is 12.8. The smallest absolute Gasteiger partial charge is 0.255 e. The molecule has 1 saturated heterocycles. The third kappa shape index (κ3) is 5.22. The minimum absolute atomic E-state index is 0.0642. The van der Waals surface area contributed by atoms with Crippen LogP contribution in [0.5, 0.6) is 5.75 Å². The Kier molecular flexibility index (Phi) is 7.10. The topological polar surface area (TPSA) is 50.8 Å². The molecule has 2 aromatic carbocycles. The number of hydrogen-bond acceptors (Lipinski definition) is 4. The van der Waals surface area contributed by atoms with Crippen LogP contribution >= 0.6 is 11.6 Å². The monoisotopic (exact) mass is 388 g/mol. The Morgan fingerprint density at radius 2 is 1.89 bits per heavy atom. The Balaban J connectivity index is 1.74. The van der Waals surface area contributed by atoms with Crippen molar-refractivity contribution in [1.29, 1.82) is 0 Å². The van der Waals surface area contributed by atoms with Crippen LogP contribution in [0.15, 0.2) is 48.5 Å². The molecular weight excluding hydrogens is 364 g/mol. The van der Waals surface area contributed by atoms with Crippen LogP contribution in [-0.4, -0.2) is 50.3 Å². The SMILES string of the molecule is CCOc1ccccc1C(=O)NCC(c1ccc(Cl)cc1)N1CCOCC1. The largest absolute Gasteiger partial charge is 0.493 e. The minimum Gasteiger partial charge on any atom is -0.493 e. The van der Waals surface area contributed by atoms with Gasteiger partial charge in [0, 0.05) is 24.7 Å². The molecular formula is C21H25ClN2O3. The Bertz CT molecular complexity index is 745. The summed E-state index contributed by atoms with van der Waals surface area (Å²) in [5, 5.41) is 3.78. The molecule has 0 spiro atoms. The van der Waals surface area contributed by atoms with Crippen molar-refractivity contribution in [2.24, 2.45) is 0 Å². The molecule has 1 heterocycles. The van der Waals surface area contributed by atoms with E-state index in [0.29, 0.717) is 42.7 Å². The molecule has 0 saturated carbocycles. The zero-order valence-electron chi connectivity index (χ0n) is 15.5. The van der Waals surface area contributed by atoms with Crippen LogP contribution in [0, 0.1) is 0 Å². The lowest BCUT2D eigenvalue weighted by Crippen LogP contribution is -2.43. The molecule has 5 nitrogen and oxygen atoms in total. The van der Waals surface area contributed by atoms with E-state index in [1.807, 2.05) is 49.4 Å². The van der Waals surface area contributed by atoms with E-state index in [1.54, 1.807) is 6.07 Å². The normalized spacial score (nSPS) is 15.9. The van der Waals surface area contributed by atoms with Crippen molar-refractivity contribution in [3.8, 4) is 5.75 Å². The van der Waals surface area contributed by atoms with Gasteiger partial charge in [0.25, 0.3) is 5.91 Å². The Hall–Kier alpha value is -2.08. The van der Waals surface area contributed by atoms with E-state index in [1.165, 1.54) is 0 Å². The van der Waals surface area contributed by atoms with Gasteiger partial charge in [-0.2, -0.15) is 0 Å². The third-order valence-electron chi connectivity index (χ3n) is 4.63. The number of rotatable bonds is 7. The minimum atomic E-state index is -0.133. The summed E-state index contributed by atoms with van der Waals surface area (Å²) < 4.78 is 11.1.